The van der Waals surface area contributed by atoms with Crippen LogP contribution < -0.4 is 5.32 Å². The largest absolute Gasteiger partial charge is 0.416 e. The standard InChI is InChI=1S/C24H25F3N2O2/c25-24(26,27)19-11-7-17(8-12-19)22(30)28-20-13-9-18(10-14-20)23(31)29-15-3-5-16-4-1-2-6-21(16)29/h7-14,16,21H,1-6,15H2,(H,28,30)/t16-,21-/m0/s1. The molecule has 2 aromatic carbocycles. The van der Waals surface area contributed by atoms with Gasteiger partial charge in [0, 0.05) is 29.4 Å². The number of amides is 2. The molecule has 2 fully saturated rings. The maximum absolute atomic E-state index is 13.1. The van der Waals surface area contributed by atoms with Crippen LogP contribution in [0.4, 0.5) is 18.9 Å². The number of fused-ring (bicyclic) bond motifs is 1. The Kier molecular flexibility index (Phi) is 6.03. The van der Waals surface area contributed by atoms with Crippen molar-refractivity contribution in [1.82, 2.24) is 4.90 Å². The average molecular weight is 430 g/mol. The Morgan fingerprint density at radius 2 is 1.45 bits per heavy atom. The lowest BCUT2D eigenvalue weighted by Crippen LogP contribution is -2.49. The van der Waals surface area contributed by atoms with Crippen molar-refractivity contribution in [2.75, 3.05) is 11.9 Å². The predicted octanol–water partition coefficient (Wildman–Crippen LogP) is 5.75. The highest BCUT2D eigenvalue weighted by Gasteiger charge is 2.36. The highest BCUT2D eigenvalue weighted by Crippen LogP contribution is 2.36. The van der Waals surface area contributed by atoms with Gasteiger partial charge in [-0.2, -0.15) is 13.2 Å². The van der Waals surface area contributed by atoms with E-state index >= 15 is 0 Å². The van der Waals surface area contributed by atoms with Crippen LogP contribution in [-0.2, 0) is 6.18 Å². The van der Waals surface area contributed by atoms with Gasteiger partial charge in [0.1, 0.15) is 0 Å². The Hall–Kier alpha value is -2.83. The van der Waals surface area contributed by atoms with Crippen LogP contribution in [-0.4, -0.2) is 29.3 Å². The van der Waals surface area contributed by atoms with E-state index < -0.39 is 17.6 Å². The molecule has 7 heteroatoms. The van der Waals surface area contributed by atoms with Gasteiger partial charge in [-0.15, -0.1) is 0 Å². The minimum absolute atomic E-state index is 0.0252. The lowest BCUT2D eigenvalue weighted by atomic mass is 9.78. The Labute approximate surface area is 179 Å². The van der Waals surface area contributed by atoms with E-state index in [9.17, 15) is 22.8 Å². The fraction of sp³-hybridized carbons (Fsp3) is 0.417. The zero-order valence-corrected chi connectivity index (χ0v) is 17.1. The number of nitrogens with one attached hydrogen (secondary N) is 1. The van der Waals surface area contributed by atoms with Crippen LogP contribution in [0.5, 0.6) is 0 Å². The zero-order valence-electron chi connectivity index (χ0n) is 17.1. The van der Waals surface area contributed by atoms with Gasteiger partial charge in [0.15, 0.2) is 0 Å². The molecule has 2 aliphatic rings. The summed E-state index contributed by atoms with van der Waals surface area (Å²) in [5.74, 6) is 0.125. The second-order valence-electron chi connectivity index (χ2n) is 8.36. The molecule has 2 atom stereocenters. The number of rotatable bonds is 3. The van der Waals surface area contributed by atoms with E-state index in [0.717, 1.165) is 43.7 Å². The van der Waals surface area contributed by atoms with Crippen LogP contribution >= 0.6 is 0 Å². The summed E-state index contributed by atoms with van der Waals surface area (Å²) in [7, 11) is 0. The molecule has 4 nitrogen and oxygen atoms in total. The molecule has 31 heavy (non-hydrogen) atoms. The second kappa shape index (κ2) is 8.73. The SMILES string of the molecule is O=C(Nc1ccc(C(=O)N2CCC[C@@H]3CCCC[C@@H]32)cc1)c1ccc(C(F)(F)F)cc1. The quantitative estimate of drug-likeness (QED) is 0.674. The van der Waals surface area contributed by atoms with Crippen LogP contribution in [0.1, 0.15) is 64.8 Å². The molecule has 1 heterocycles. The predicted molar refractivity (Wildman–Crippen MR) is 112 cm³/mol. The number of piperidine rings is 1. The molecule has 4 rings (SSSR count). The summed E-state index contributed by atoms with van der Waals surface area (Å²) < 4.78 is 38.0. The van der Waals surface area contributed by atoms with Crippen molar-refractivity contribution in [2.24, 2.45) is 5.92 Å². The first-order valence-corrected chi connectivity index (χ1v) is 10.7. The maximum Gasteiger partial charge on any atom is 0.416 e. The smallest absolute Gasteiger partial charge is 0.335 e. The van der Waals surface area contributed by atoms with E-state index in [2.05, 4.69) is 5.32 Å². The number of likely N-dealkylation sites (tertiary alicyclic amines) is 1. The molecule has 164 valence electrons. The van der Waals surface area contributed by atoms with Crippen molar-refractivity contribution < 1.29 is 22.8 Å². The zero-order chi connectivity index (χ0) is 22.0. The lowest BCUT2D eigenvalue weighted by molar-refractivity contribution is -0.137. The van der Waals surface area contributed by atoms with Crippen molar-refractivity contribution in [3.8, 4) is 0 Å². The first kappa shape index (κ1) is 21.4. The first-order valence-electron chi connectivity index (χ1n) is 10.7. The summed E-state index contributed by atoms with van der Waals surface area (Å²) in [6.07, 6.45) is 2.47. The molecule has 2 aromatic rings. The Balaban J connectivity index is 1.41. The summed E-state index contributed by atoms with van der Waals surface area (Å²) >= 11 is 0. The third kappa shape index (κ3) is 4.75. The molecular weight excluding hydrogens is 405 g/mol. The first-order chi connectivity index (χ1) is 14.8. The van der Waals surface area contributed by atoms with Gasteiger partial charge in [-0.1, -0.05) is 12.8 Å². The molecule has 0 bridgehead atoms. The van der Waals surface area contributed by atoms with E-state index in [0.29, 0.717) is 23.2 Å². The third-order valence-corrected chi connectivity index (χ3v) is 6.37. The minimum Gasteiger partial charge on any atom is -0.335 e. The van der Waals surface area contributed by atoms with E-state index in [1.807, 2.05) is 4.90 Å². The number of alkyl halides is 3. The van der Waals surface area contributed by atoms with Crippen molar-refractivity contribution in [2.45, 2.75) is 50.7 Å². The van der Waals surface area contributed by atoms with Gasteiger partial charge in [-0.05, 0) is 80.1 Å². The van der Waals surface area contributed by atoms with Gasteiger partial charge in [0.25, 0.3) is 11.8 Å². The number of hydrogen-bond donors (Lipinski definition) is 1. The van der Waals surface area contributed by atoms with Crippen LogP contribution in [0, 0.1) is 5.92 Å². The average Bonchev–Trinajstić information content (AvgIpc) is 2.78. The maximum atomic E-state index is 13.1. The van der Waals surface area contributed by atoms with E-state index in [-0.39, 0.29) is 11.5 Å². The summed E-state index contributed by atoms with van der Waals surface area (Å²) in [6.45, 7) is 0.784. The summed E-state index contributed by atoms with van der Waals surface area (Å²) in [6, 6.07) is 11.1. The van der Waals surface area contributed by atoms with Gasteiger partial charge < -0.3 is 10.2 Å². The fourth-order valence-corrected chi connectivity index (χ4v) is 4.75. The van der Waals surface area contributed by atoms with E-state index in [4.69, 9.17) is 0 Å². The fourth-order valence-electron chi connectivity index (χ4n) is 4.75. The third-order valence-electron chi connectivity index (χ3n) is 6.37. The molecule has 0 spiro atoms. The van der Waals surface area contributed by atoms with Crippen molar-refractivity contribution >= 4 is 17.5 Å². The Bertz CT molecular complexity index is 937. The molecule has 1 saturated heterocycles. The molecule has 1 aliphatic heterocycles. The molecule has 0 aromatic heterocycles. The topological polar surface area (TPSA) is 49.4 Å². The van der Waals surface area contributed by atoms with Crippen molar-refractivity contribution in [3.63, 3.8) is 0 Å². The normalized spacial score (nSPS) is 21.3. The van der Waals surface area contributed by atoms with Crippen LogP contribution in [0.3, 0.4) is 0 Å². The van der Waals surface area contributed by atoms with Crippen LogP contribution in [0.25, 0.3) is 0 Å². The van der Waals surface area contributed by atoms with Crippen molar-refractivity contribution in [3.05, 3.63) is 65.2 Å². The van der Waals surface area contributed by atoms with E-state index in [1.165, 1.54) is 25.7 Å². The molecule has 1 aliphatic carbocycles. The number of hydrogen-bond acceptors (Lipinski definition) is 2. The Morgan fingerprint density at radius 3 is 2.13 bits per heavy atom. The van der Waals surface area contributed by atoms with Gasteiger partial charge in [0.2, 0.25) is 0 Å². The number of carbonyl (C=O) groups is 2. The number of halogens is 3. The molecule has 0 unspecified atom stereocenters. The second-order valence-corrected chi connectivity index (χ2v) is 8.36. The Morgan fingerprint density at radius 1 is 0.839 bits per heavy atom. The van der Waals surface area contributed by atoms with Crippen LogP contribution in [0.15, 0.2) is 48.5 Å². The van der Waals surface area contributed by atoms with Gasteiger partial charge in [0.05, 0.1) is 5.56 Å². The summed E-state index contributed by atoms with van der Waals surface area (Å²) in [4.78, 5) is 27.4. The van der Waals surface area contributed by atoms with Gasteiger partial charge >= 0.3 is 6.18 Å². The monoisotopic (exact) mass is 430 g/mol. The number of benzene rings is 2. The molecular formula is C24H25F3N2O2. The summed E-state index contributed by atoms with van der Waals surface area (Å²) in [5.41, 5.74) is 0.393. The number of nitrogens with zero attached hydrogens (tertiary/aromatic N) is 1. The highest BCUT2D eigenvalue weighted by atomic mass is 19.4. The molecule has 0 radical (unpaired) electrons. The summed E-state index contributed by atoms with van der Waals surface area (Å²) in [5, 5.41) is 2.66. The van der Waals surface area contributed by atoms with Gasteiger partial charge in [-0.3, -0.25) is 9.59 Å². The minimum atomic E-state index is -4.44. The van der Waals surface area contributed by atoms with Crippen LogP contribution in [0.2, 0.25) is 0 Å². The number of anilines is 1. The van der Waals surface area contributed by atoms with E-state index in [1.54, 1.807) is 24.3 Å². The molecule has 2 amide bonds. The van der Waals surface area contributed by atoms with Crippen molar-refractivity contribution in [1.29, 1.82) is 0 Å². The van der Waals surface area contributed by atoms with Gasteiger partial charge in [-0.25, -0.2) is 0 Å². The lowest BCUT2D eigenvalue weighted by Gasteiger charge is -2.44. The molecule has 1 N–H and O–H groups in total. The highest BCUT2D eigenvalue weighted by molar-refractivity contribution is 6.04. The molecule has 1 saturated carbocycles. The number of carbonyl (C=O) groups excluding carboxylic acids is 2.